The molecule has 1 atom stereocenters. The third kappa shape index (κ3) is 9.68. The van der Waals surface area contributed by atoms with Gasteiger partial charge in [0.1, 0.15) is 24.1 Å². The van der Waals surface area contributed by atoms with Crippen LogP contribution in [-0.4, -0.2) is 57.5 Å². The van der Waals surface area contributed by atoms with E-state index in [0.717, 1.165) is 15.4 Å². The Morgan fingerprint density at radius 3 is 2.10 bits per heavy atom. The number of methoxy groups -OCH3 is 2. The van der Waals surface area contributed by atoms with Crippen molar-refractivity contribution >= 4 is 50.7 Å². The summed E-state index contributed by atoms with van der Waals surface area (Å²) in [5.74, 6) is -0.494. The van der Waals surface area contributed by atoms with Gasteiger partial charge in [0, 0.05) is 24.6 Å². The van der Waals surface area contributed by atoms with Crippen LogP contribution < -0.4 is 19.1 Å². The number of carbonyl (C=O) groups is 2. The molecular weight excluding hydrogens is 685 g/mol. The Bertz CT molecular complexity index is 1880. The number of anilines is 1. The third-order valence-corrected chi connectivity index (χ3v) is 10.2. The highest BCUT2D eigenvalue weighted by atomic mass is 35.5. The number of amides is 2. The number of hydrogen-bond acceptors (Lipinski definition) is 6. The van der Waals surface area contributed by atoms with Crippen molar-refractivity contribution in [1.82, 2.24) is 10.2 Å². The van der Waals surface area contributed by atoms with Gasteiger partial charge in [-0.05, 0) is 75.2 Å². The lowest BCUT2D eigenvalue weighted by Crippen LogP contribution is -2.56. The molecule has 0 spiro atoms. The molecule has 260 valence electrons. The van der Waals surface area contributed by atoms with Crippen molar-refractivity contribution in [3.63, 3.8) is 0 Å². The molecule has 0 fully saturated rings. The molecular formula is C37H41Cl2N3O6S. The second-order valence-corrected chi connectivity index (χ2v) is 15.3. The number of hydrogen-bond donors (Lipinski definition) is 1. The number of nitrogens with one attached hydrogen (secondary N) is 1. The molecule has 4 rings (SSSR count). The molecule has 0 bridgehead atoms. The lowest BCUT2D eigenvalue weighted by molar-refractivity contribution is -0.140. The molecule has 1 unspecified atom stereocenters. The smallest absolute Gasteiger partial charge is 0.264 e. The molecule has 9 nitrogen and oxygen atoms in total. The Balaban J connectivity index is 1.89. The largest absolute Gasteiger partial charge is 0.497 e. The van der Waals surface area contributed by atoms with Crippen molar-refractivity contribution in [2.24, 2.45) is 0 Å². The highest BCUT2D eigenvalue weighted by Crippen LogP contribution is 2.36. The van der Waals surface area contributed by atoms with Gasteiger partial charge in [0.05, 0.1) is 34.8 Å². The monoisotopic (exact) mass is 725 g/mol. The summed E-state index contributed by atoms with van der Waals surface area (Å²) in [6, 6.07) is 24.2. The summed E-state index contributed by atoms with van der Waals surface area (Å²) in [6.45, 7) is 6.65. The van der Waals surface area contributed by atoms with E-state index in [4.69, 9.17) is 32.7 Å². The van der Waals surface area contributed by atoms with Crippen molar-refractivity contribution < 1.29 is 27.5 Å². The molecule has 1 N–H and O–H groups in total. The zero-order valence-corrected chi connectivity index (χ0v) is 30.7. The maximum absolute atomic E-state index is 14.8. The maximum atomic E-state index is 14.8. The minimum absolute atomic E-state index is 0.0295. The van der Waals surface area contributed by atoms with Crippen molar-refractivity contribution in [1.29, 1.82) is 0 Å². The fourth-order valence-electron chi connectivity index (χ4n) is 5.18. The van der Waals surface area contributed by atoms with Gasteiger partial charge in [-0.3, -0.25) is 13.9 Å². The van der Waals surface area contributed by atoms with E-state index in [1.165, 1.54) is 37.3 Å². The molecule has 12 heteroatoms. The van der Waals surface area contributed by atoms with Gasteiger partial charge in [-0.1, -0.05) is 77.3 Å². The summed E-state index contributed by atoms with van der Waals surface area (Å²) in [6.07, 6.45) is 0.156. The van der Waals surface area contributed by atoms with Gasteiger partial charge in [-0.2, -0.15) is 0 Å². The molecule has 2 amide bonds. The van der Waals surface area contributed by atoms with Crippen LogP contribution in [0.15, 0.2) is 95.9 Å². The molecule has 0 aliphatic carbocycles. The number of sulfonamides is 1. The van der Waals surface area contributed by atoms with Gasteiger partial charge < -0.3 is 19.7 Å². The van der Waals surface area contributed by atoms with Gasteiger partial charge in [0.2, 0.25) is 11.8 Å². The Kier molecular flexibility index (Phi) is 12.2. The number of nitrogens with zero attached hydrogens (tertiary/aromatic N) is 2. The average molecular weight is 727 g/mol. The quantitative estimate of drug-likeness (QED) is 0.158. The number of ether oxygens (including phenoxy) is 2. The summed E-state index contributed by atoms with van der Waals surface area (Å²) in [7, 11) is -1.50. The second-order valence-electron chi connectivity index (χ2n) is 12.6. The summed E-state index contributed by atoms with van der Waals surface area (Å²) in [5, 5.41) is 3.61. The first-order chi connectivity index (χ1) is 23.1. The van der Waals surface area contributed by atoms with Crippen LogP contribution in [0.2, 0.25) is 10.0 Å². The van der Waals surface area contributed by atoms with Crippen molar-refractivity contribution in [3.05, 3.63) is 118 Å². The predicted molar refractivity (Wildman–Crippen MR) is 194 cm³/mol. The second kappa shape index (κ2) is 16.0. The molecule has 0 saturated carbocycles. The molecule has 4 aromatic rings. The van der Waals surface area contributed by atoms with E-state index in [1.807, 2.05) is 58.0 Å². The lowest BCUT2D eigenvalue weighted by Gasteiger charge is -2.35. The zero-order chi connectivity index (χ0) is 35.9. The van der Waals surface area contributed by atoms with Gasteiger partial charge in [-0.25, -0.2) is 8.42 Å². The summed E-state index contributed by atoms with van der Waals surface area (Å²) >= 11 is 12.6. The molecule has 0 aliphatic heterocycles. The first-order valence-electron chi connectivity index (χ1n) is 15.5. The minimum atomic E-state index is -4.36. The molecule has 0 heterocycles. The fraction of sp³-hybridized carbons (Fsp3) is 0.297. The fourth-order valence-corrected chi connectivity index (χ4v) is 6.92. The molecule has 0 radical (unpaired) electrons. The van der Waals surface area contributed by atoms with Gasteiger partial charge in [-0.15, -0.1) is 0 Å². The van der Waals surface area contributed by atoms with Crippen molar-refractivity contribution in [2.75, 3.05) is 25.1 Å². The van der Waals surface area contributed by atoms with E-state index in [9.17, 15) is 18.0 Å². The number of aryl methyl sites for hydroxylation is 1. The number of rotatable bonds is 13. The lowest BCUT2D eigenvalue weighted by atomic mass is 10.0. The SMILES string of the molecule is COc1ccc(OC)c(N(CC(=O)N(Cc2ccc(Cl)c(Cl)c2)C(Cc2ccccc2)C(=O)NC(C)(C)C)S(=O)(=O)c2ccc(C)cc2)c1. The summed E-state index contributed by atoms with van der Waals surface area (Å²) in [5.41, 5.74) is 1.73. The van der Waals surface area contributed by atoms with Crippen LogP contribution in [0.3, 0.4) is 0 Å². The molecule has 49 heavy (non-hydrogen) atoms. The predicted octanol–water partition coefficient (Wildman–Crippen LogP) is 7.07. The Morgan fingerprint density at radius 2 is 1.51 bits per heavy atom. The van der Waals surface area contributed by atoms with E-state index < -0.39 is 40.0 Å². The van der Waals surface area contributed by atoms with E-state index in [-0.39, 0.29) is 34.3 Å². The van der Waals surface area contributed by atoms with Crippen LogP contribution in [0.4, 0.5) is 5.69 Å². The van der Waals surface area contributed by atoms with Crippen LogP contribution in [0.5, 0.6) is 11.5 Å². The van der Waals surface area contributed by atoms with Gasteiger partial charge >= 0.3 is 0 Å². The van der Waals surface area contributed by atoms with E-state index in [2.05, 4.69) is 5.32 Å². The van der Waals surface area contributed by atoms with E-state index >= 15 is 0 Å². The standard InChI is InChI=1S/C37H41Cl2N3O6S/c1-25-12-16-29(17-13-25)49(45,46)42(32-22-28(47-5)15-19-34(32)48-6)24-35(43)41(23-27-14-18-30(38)31(39)20-27)33(36(44)40-37(2,3)4)21-26-10-8-7-9-11-26/h7-20,22,33H,21,23-24H2,1-6H3,(H,40,44). The first kappa shape index (κ1) is 37.6. The average Bonchev–Trinajstić information content (AvgIpc) is 3.06. The molecule has 4 aromatic carbocycles. The zero-order valence-electron chi connectivity index (χ0n) is 28.4. The maximum Gasteiger partial charge on any atom is 0.264 e. The van der Waals surface area contributed by atoms with E-state index in [1.54, 1.807) is 42.5 Å². The topological polar surface area (TPSA) is 105 Å². The molecule has 0 aromatic heterocycles. The van der Waals surface area contributed by atoms with E-state index in [0.29, 0.717) is 16.3 Å². The van der Waals surface area contributed by atoms with Crippen molar-refractivity contribution in [3.8, 4) is 11.5 Å². The normalized spacial score (nSPS) is 12.2. The Labute approximate surface area is 298 Å². The van der Waals surface area contributed by atoms with Crippen LogP contribution >= 0.6 is 23.2 Å². The van der Waals surface area contributed by atoms with Crippen LogP contribution in [0, 0.1) is 6.92 Å². The summed E-state index contributed by atoms with van der Waals surface area (Å²) < 4.78 is 40.9. The number of carbonyl (C=O) groups excluding carboxylic acids is 2. The minimum Gasteiger partial charge on any atom is -0.497 e. The highest BCUT2D eigenvalue weighted by molar-refractivity contribution is 7.92. The third-order valence-electron chi connectivity index (χ3n) is 7.65. The molecule has 0 saturated heterocycles. The van der Waals surface area contributed by atoms with Gasteiger partial charge in [0.15, 0.2) is 0 Å². The van der Waals surface area contributed by atoms with Crippen LogP contribution in [0.25, 0.3) is 0 Å². The first-order valence-corrected chi connectivity index (χ1v) is 17.7. The number of halogens is 2. The van der Waals surface area contributed by atoms with Crippen LogP contribution in [0.1, 0.15) is 37.5 Å². The molecule has 0 aliphatic rings. The number of benzene rings is 4. The Morgan fingerprint density at radius 1 is 0.837 bits per heavy atom. The van der Waals surface area contributed by atoms with Crippen LogP contribution in [-0.2, 0) is 32.6 Å². The van der Waals surface area contributed by atoms with Crippen molar-refractivity contribution in [2.45, 2.75) is 57.1 Å². The highest BCUT2D eigenvalue weighted by Gasteiger charge is 2.36. The summed E-state index contributed by atoms with van der Waals surface area (Å²) in [4.78, 5) is 30.2. The Hall–Kier alpha value is -4.25. The van der Waals surface area contributed by atoms with Gasteiger partial charge in [0.25, 0.3) is 10.0 Å².